The number of fused-ring (bicyclic) bond motifs is 1. The fourth-order valence-corrected chi connectivity index (χ4v) is 3.65. The first kappa shape index (κ1) is 14.6. The third kappa shape index (κ3) is 2.97. The smallest absolute Gasteiger partial charge is 0.152 e. The molecule has 0 amide bonds. The predicted octanol–water partition coefficient (Wildman–Crippen LogP) is 3.51. The number of halogens is 1. The number of imidazole rings is 1. The molecule has 3 aromatic rings. The Balaban J connectivity index is 1.96. The molecular formula is C15H17BrN4S. The molecule has 21 heavy (non-hydrogen) atoms. The lowest BCUT2D eigenvalue weighted by Gasteiger charge is -2.17. The van der Waals surface area contributed by atoms with E-state index < -0.39 is 0 Å². The van der Waals surface area contributed by atoms with Crippen molar-refractivity contribution in [2.45, 2.75) is 13.1 Å². The van der Waals surface area contributed by atoms with E-state index in [2.05, 4.69) is 55.2 Å². The van der Waals surface area contributed by atoms with Crippen LogP contribution in [0, 0.1) is 0 Å². The lowest BCUT2D eigenvalue weighted by Crippen LogP contribution is -2.20. The molecule has 0 spiro atoms. The molecule has 4 nitrogen and oxygen atoms in total. The summed E-state index contributed by atoms with van der Waals surface area (Å²) in [5.41, 5.74) is 3.46. The standard InChI is InChI=1S/C15H17BrN4S/c1-17-8-12-15(18-14-5-3-4-6-20(12)14)19(2)9-11-7-13(16)21-10-11/h3-7,10,17H,8-9H2,1-2H3. The zero-order valence-electron chi connectivity index (χ0n) is 12.0. The molecule has 0 bridgehead atoms. The van der Waals surface area contributed by atoms with Crippen LogP contribution in [0.5, 0.6) is 0 Å². The largest absolute Gasteiger partial charge is 0.354 e. The Labute approximate surface area is 136 Å². The highest BCUT2D eigenvalue weighted by molar-refractivity contribution is 9.11. The Morgan fingerprint density at radius 3 is 3.00 bits per heavy atom. The van der Waals surface area contributed by atoms with E-state index in [9.17, 15) is 0 Å². The van der Waals surface area contributed by atoms with Crippen LogP contribution in [-0.4, -0.2) is 23.5 Å². The first-order valence-corrected chi connectivity index (χ1v) is 8.41. The van der Waals surface area contributed by atoms with Crippen molar-refractivity contribution in [2.75, 3.05) is 19.0 Å². The van der Waals surface area contributed by atoms with Gasteiger partial charge in [-0.15, -0.1) is 11.3 Å². The number of hydrogen-bond donors (Lipinski definition) is 1. The Morgan fingerprint density at radius 1 is 1.43 bits per heavy atom. The van der Waals surface area contributed by atoms with Crippen molar-refractivity contribution in [3.63, 3.8) is 0 Å². The van der Waals surface area contributed by atoms with E-state index in [4.69, 9.17) is 4.98 Å². The van der Waals surface area contributed by atoms with E-state index in [1.807, 2.05) is 25.2 Å². The third-order valence-electron chi connectivity index (χ3n) is 3.36. The summed E-state index contributed by atoms with van der Waals surface area (Å²) in [5, 5.41) is 5.41. The quantitative estimate of drug-likeness (QED) is 0.751. The molecule has 3 rings (SSSR count). The second-order valence-electron chi connectivity index (χ2n) is 4.96. The maximum Gasteiger partial charge on any atom is 0.152 e. The van der Waals surface area contributed by atoms with E-state index in [-0.39, 0.29) is 0 Å². The summed E-state index contributed by atoms with van der Waals surface area (Å²) in [6.45, 7) is 1.64. The summed E-state index contributed by atoms with van der Waals surface area (Å²) in [5.74, 6) is 1.03. The molecule has 3 heterocycles. The number of anilines is 1. The highest BCUT2D eigenvalue weighted by Crippen LogP contribution is 2.25. The maximum absolute atomic E-state index is 4.77. The van der Waals surface area contributed by atoms with Gasteiger partial charge in [-0.25, -0.2) is 4.98 Å². The second-order valence-corrected chi connectivity index (χ2v) is 7.25. The van der Waals surface area contributed by atoms with Crippen molar-refractivity contribution >= 4 is 38.7 Å². The van der Waals surface area contributed by atoms with Gasteiger partial charge < -0.3 is 14.6 Å². The summed E-state index contributed by atoms with van der Waals surface area (Å²) in [7, 11) is 4.05. The molecule has 0 aliphatic rings. The molecule has 0 atom stereocenters. The second kappa shape index (κ2) is 6.17. The van der Waals surface area contributed by atoms with Crippen LogP contribution in [0.1, 0.15) is 11.3 Å². The number of nitrogens with one attached hydrogen (secondary N) is 1. The average molecular weight is 365 g/mol. The van der Waals surface area contributed by atoms with Crippen LogP contribution < -0.4 is 10.2 Å². The van der Waals surface area contributed by atoms with Crippen LogP contribution >= 0.6 is 27.3 Å². The first-order chi connectivity index (χ1) is 10.2. The minimum atomic E-state index is 0.790. The van der Waals surface area contributed by atoms with Gasteiger partial charge in [-0.2, -0.15) is 0 Å². The molecule has 3 aromatic heterocycles. The molecule has 0 unspecified atom stereocenters. The Bertz CT molecular complexity index is 749. The van der Waals surface area contributed by atoms with Crippen molar-refractivity contribution in [3.05, 3.63) is 50.9 Å². The molecule has 0 aromatic carbocycles. The Hall–Kier alpha value is -1.37. The van der Waals surface area contributed by atoms with Crippen molar-refractivity contribution < 1.29 is 0 Å². The minimum Gasteiger partial charge on any atom is -0.354 e. The number of rotatable bonds is 5. The van der Waals surface area contributed by atoms with Crippen LogP contribution in [0.4, 0.5) is 5.82 Å². The van der Waals surface area contributed by atoms with Crippen LogP contribution in [0.25, 0.3) is 5.65 Å². The van der Waals surface area contributed by atoms with Crippen LogP contribution in [-0.2, 0) is 13.1 Å². The van der Waals surface area contributed by atoms with Crippen LogP contribution in [0.3, 0.4) is 0 Å². The van der Waals surface area contributed by atoms with Gasteiger partial charge in [-0.3, -0.25) is 0 Å². The number of aromatic nitrogens is 2. The number of hydrogen-bond acceptors (Lipinski definition) is 4. The highest BCUT2D eigenvalue weighted by Gasteiger charge is 2.15. The van der Waals surface area contributed by atoms with Gasteiger partial charge in [0.05, 0.1) is 9.48 Å². The molecular weight excluding hydrogens is 348 g/mol. The lowest BCUT2D eigenvalue weighted by molar-refractivity contribution is 0.771. The van der Waals surface area contributed by atoms with Gasteiger partial charge in [0.15, 0.2) is 5.82 Å². The molecule has 0 saturated heterocycles. The van der Waals surface area contributed by atoms with Crippen molar-refractivity contribution in [3.8, 4) is 0 Å². The highest BCUT2D eigenvalue weighted by atomic mass is 79.9. The lowest BCUT2D eigenvalue weighted by atomic mass is 10.3. The third-order valence-corrected chi connectivity index (χ3v) is 4.91. The van der Waals surface area contributed by atoms with E-state index in [1.165, 1.54) is 11.3 Å². The van der Waals surface area contributed by atoms with E-state index in [1.54, 1.807) is 11.3 Å². The molecule has 0 aliphatic heterocycles. The van der Waals surface area contributed by atoms with Gasteiger partial charge in [-0.05, 0) is 52.1 Å². The number of thiophene rings is 1. The predicted molar refractivity (Wildman–Crippen MR) is 92.1 cm³/mol. The fourth-order valence-electron chi connectivity index (χ4n) is 2.45. The minimum absolute atomic E-state index is 0.790. The fraction of sp³-hybridized carbons (Fsp3) is 0.267. The van der Waals surface area contributed by atoms with E-state index in [0.717, 1.165) is 28.3 Å². The topological polar surface area (TPSA) is 32.6 Å². The van der Waals surface area contributed by atoms with Gasteiger partial charge >= 0.3 is 0 Å². The van der Waals surface area contributed by atoms with E-state index in [0.29, 0.717) is 0 Å². The Morgan fingerprint density at radius 2 is 2.29 bits per heavy atom. The molecule has 0 saturated carbocycles. The Kier molecular flexibility index (Phi) is 4.28. The molecule has 0 aliphatic carbocycles. The molecule has 6 heteroatoms. The van der Waals surface area contributed by atoms with Crippen molar-refractivity contribution in [2.24, 2.45) is 0 Å². The average Bonchev–Trinajstić information content (AvgIpc) is 3.04. The zero-order chi connectivity index (χ0) is 14.8. The summed E-state index contributed by atoms with van der Waals surface area (Å²) in [6.07, 6.45) is 2.06. The zero-order valence-corrected chi connectivity index (χ0v) is 14.4. The molecule has 110 valence electrons. The van der Waals surface area contributed by atoms with E-state index >= 15 is 0 Å². The van der Waals surface area contributed by atoms with Crippen molar-refractivity contribution in [1.29, 1.82) is 0 Å². The van der Waals surface area contributed by atoms with Gasteiger partial charge in [0.2, 0.25) is 0 Å². The summed E-state index contributed by atoms with van der Waals surface area (Å²) >= 11 is 5.23. The van der Waals surface area contributed by atoms with Gasteiger partial charge in [0, 0.05) is 26.3 Å². The van der Waals surface area contributed by atoms with Crippen LogP contribution in [0.15, 0.2) is 39.6 Å². The number of nitrogens with zero attached hydrogens (tertiary/aromatic N) is 3. The molecule has 0 radical (unpaired) electrons. The first-order valence-electron chi connectivity index (χ1n) is 6.73. The van der Waals surface area contributed by atoms with Crippen molar-refractivity contribution in [1.82, 2.24) is 14.7 Å². The molecule has 0 fully saturated rings. The summed E-state index contributed by atoms with van der Waals surface area (Å²) in [4.78, 5) is 6.98. The number of pyridine rings is 1. The summed E-state index contributed by atoms with van der Waals surface area (Å²) < 4.78 is 3.31. The van der Waals surface area contributed by atoms with Gasteiger partial charge in [0.1, 0.15) is 5.65 Å². The maximum atomic E-state index is 4.77. The van der Waals surface area contributed by atoms with Gasteiger partial charge in [-0.1, -0.05) is 6.07 Å². The van der Waals surface area contributed by atoms with Gasteiger partial charge in [0.25, 0.3) is 0 Å². The summed E-state index contributed by atoms with van der Waals surface area (Å²) in [6, 6.07) is 8.26. The normalized spacial score (nSPS) is 11.2. The molecule has 1 N–H and O–H groups in total. The van der Waals surface area contributed by atoms with Crippen LogP contribution in [0.2, 0.25) is 0 Å². The monoisotopic (exact) mass is 364 g/mol. The SMILES string of the molecule is CNCc1c(N(C)Cc2csc(Br)c2)nc2ccccn12.